The first-order valence-electron chi connectivity index (χ1n) is 10.9. The summed E-state index contributed by atoms with van der Waals surface area (Å²) in [5, 5.41) is 2.67. The number of nitrogens with one attached hydrogen (secondary N) is 1. The minimum Gasteiger partial charge on any atom is -0.497 e. The number of nitrogens with zero attached hydrogens (tertiary/aromatic N) is 3. The van der Waals surface area contributed by atoms with Crippen molar-refractivity contribution in [3.05, 3.63) is 83.6 Å². The van der Waals surface area contributed by atoms with Gasteiger partial charge in [-0.3, -0.25) is 9.69 Å². The van der Waals surface area contributed by atoms with Crippen molar-refractivity contribution < 1.29 is 22.7 Å². The van der Waals surface area contributed by atoms with E-state index in [1.807, 2.05) is 24.3 Å². The Kier molecular flexibility index (Phi) is 7.02. The van der Waals surface area contributed by atoms with Crippen molar-refractivity contribution in [1.82, 2.24) is 9.88 Å². The van der Waals surface area contributed by atoms with Crippen molar-refractivity contribution in [2.24, 2.45) is 0 Å². The van der Waals surface area contributed by atoms with Gasteiger partial charge in [-0.25, -0.2) is 4.98 Å². The van der Waals surface area contributed by atoms with Crippen molar-refractivity contribution in [2.45, 2.75) is 12.7 Å². The van der Waals surface area contributed by atoms with Gasteiger partial charge in [-0.2, -0.15) is 13.2 Å². The SMILES string of the molecule is COc1cccc(CN2CCN(c3ccc(NC(=O)c4ccc(C(F)(F)F)cc4)cn3)CC2)c1. The van der Waals surface area contributed by atoms with Gasteiger partial charge in [0.05, 0.1) is 24.6 Å². The third-order valence-electron chi connectivity index (χ3n) is 5.72. The molecule has 2 aromatic carbocycles. The molecule has 6 nitrogen and oxygen atoms in total. The summed E-state index contributed by atoms with van der Waals surface area (Å²) in [7, 11) is 1.66. The van der Waals surface area contributed by atoms with Crippen molar-refractivity contribution >= 4 is 17.4 Å². The third kappa shape index (κ3) is 5.85. The number of pyridine rings is 1. The molecule has 1 N–H and O–H groups in total. The van der Waals surface area contributed by atoms with Gasteiger partial charge in [0.2, 0.25) is 0 Å². The lowest BCUT2D eigenvalue weighted by atomic mass is 10.1. The van der Waals surface area contributed by atoms with Crippen LogP contribution in [0.15, 0.2) is 66.9 Å². The molecule has 1 amide bonds. The van der Waals surface area contributed by atoms with Gasteiger partial charge in [0.15, 0.2) is 0 Å². The van der Waals surface area contributed by atoms with E-state index in [-0.39, 0.29) is 5.56 Å². The minimum absolute atomic E-state index is 0.143. The highest BCUT2D eigenvalue weighted by atomic mass is 19.4. The fourth-order valence-corrected chi connectivity index (χ4v) is 3.83. The molecule has 178 valence electrons. The molecule has 0 spiro atoms. The van der Waals surface area contributed by atoms with Crippen molar-refractivity contribution in [1.29, 1.82) is 0 Å². The first kappa shape index (κ1) is 23.6. The van der Waals surface area contributed by atoms with E-state index < -0.39 is 17.6 Å². The van der Waals surface area contributed by atoms with Crippen LogP contribution in [0.25, 0.3) is 0 Å². The maximum absolute atomic E-state index is 12.7. The molecule has 0 bridgehead atoms. The van der Waals surface area contributed by atoms with Crippen LogP contribution in [-0.2, 0) is 12.7 Å². The zero-order valence-electron chi connectivity index (χ0n) is 18.7. The lowest BCUT2D eigenvalue weighted by Gasteiger charge is -2.35. The Hall–Kier alpha value is -3.59. The van der Waals surface area contributed by atoms with Crippen molar-refractivity contribution in [2.75, 3.05) is 43.5 Å². The van der Waals surface area contributed by atoms with Gasteiger partial charge in [0, 0.05) is 38.3 Å². The smallest absolute Gasteiger partial charge is 0.416 e. The van der Waals surface area contributed by atoms with Crippen LogP contribution in [0.5, 0.6) is 5.75 Å². The Morgan fingerprint density at radius 1 is 1.03 bits per heavy atom. The monoisotopic (exact) mass is 470 g/mol. The normalized spacial score (nSPS) is 14.6. The highest BCUT2D eigenvalue weighted by Crippen LogP contribution is 2.29. The molecule has 1 saturated heterocycles. The fraction of sp³-hybridized carbons (Fsp3) is 0.280. The molecule has 0 aliphatic carbocycles. The van der Waals surface area contributed by atoms with E-state index in [1.165, 1.54) is 5.56 Å². The summed E-state index contributed by atoms with van der Waals surface area (Å²) in [5.74, 6) is 1.17. The lowest BCUT2D eigenvalue weighted by molar-refractivity contribution is -0.137. The van der Waals surface area contributed by atoms with Crippen LogP contribution in [0.3, 0.4) is 0 Å². The highest BCUT2D eigenvalue weighted by molar-refractivity contribution is 6.04. The van der Waals surface area contributed by atoms with Gasteiger partial charge in [0.1, 0.15) is 11.6 Å². The second-order valence-electron chi connectivity index (χ2n) is 8.05. The van der Waals surface area contributed by atoms with E-state index in [0.29, 0.717) is 5.69 Å². The van der Waals surface area contributed by atoms with E-state index >= 15 is 0 Å². The molecule has 9 heteroatoms. The molecular formula is C25H25F3N4O2. The van der Waals surface area contributed by atoms with Crippen LogP contribution in [0, 0.1) is 0 Å². The summed E-state index contributed by atoms with van der Waals surface area (Å²) in [6.07, 6.45) is -2.88. The Morgan fingerprint density at radius 2 is 1.76 bits per heavy atom. The summed E-state index contributed by atoms with van der Waals surface area (Å²) >= 11 is 0. The summed E-state index contributed by atoms with van der Waals surface area (Å²) in [4.78, 5) is 21.4. The van der Waals surface area contributed by atoms with Gasteiger partial charge in [-0.1, -0.05) is 12.1 Å². The number of ether oxygens (including phenoxy) is 1. The molecule has 3 aromatic rings. The second kappa shape index (κ2) is 10.1. The van der Waals surface area contributed by atoms with Crippen LogP contribution < -0.4 is 15.0 Å². The summed E-state index contributed by atoms with van der Waals surface area (Å²) in [6.45, 7) is 4.30. The third-order valence-corrected chi connectivity index (χ3v) is 5.72. The Bertz CT molecular complexity index is 1110. The van der Waals surface area contributed by atoms with Gasteiger partial charge in [-0.15, -0.1) is 0 Å². The number of carbonyl (C=O) groups is 1. The quantitative estimate of drug-likeness (QED) is 0.567. The molecule has 1 aromatic heterocycles. The highest BCUT2D eigenvalue weighted by Gasteiger charge is 2.30. The van der Waals surface area contributed by atoms with Crippen molar-refractivity contribution in [3.8, 4) is 5.75 Å². The van der Waals surface area contributed by atoms with E-state index in [1.54, 1.807) is 19.4 Å². The number of aromatic nitrogens is 1. The van der Waals surface area contributed by atoms with Crippen LogP contribution in [0.4, 0.5) is 24.7 Å². The zero-order chi connectivity index (χ0) is 24.1. The number of anilines is 2. The molecule has 2 heterocycles. The van der Waals surface area contributed by atoms with Gasteiger partial charge in [-0.05, 0) is 54.1 Å². The molecule has 0 unspecified atom stereocenters. The van der Waals surface area contributed by atoms with Crippen molar-refractivity contribution in [3.63, 3.8) is 0 Å². The number of carbonyl (C=O) groups excluding carboxylic acids is 1. The van der Waals surface area contributed by atoms with Crippen LogP contribution >= 0.6 is 0 Å². The van der Waals surface area contributed by atoms with Crippen LogP contribution in [0.2, 0.25) is 0 Å². The Balaban J connectivity index is 1.29. The maximum atomic E-state index is 12.7. The van der Waals surface area contributed by atoms with Gasteiger partial charge in [0.25, 0.3) is 5.91 Å². The van der Waals surface area contributed by atoms with Gasteiger partial charge >= 0.3 is 6.18 Å². The molecule has 0 saturated carbocycles. The number of methoxy groups -OCH3 is 1. The zero-order valence-corrected chi connectivity index (χ0v) is 18.7. The predicted molar refractivity (Wildman–Crippen MR) is 124 cm³/mol. The standard InChI is InChI=1S/C25H25F3N4O2/c1-34-22-4-2-3-18(15-22)17-31-11-13-32(14-12-31)23-10-9-21(16-29-23)30-24(33)19-5-7-20(8-6-19)25(26,27)28/h2-10,15-16H,11-14,17H2,1H3,(H,30,33). The molecular weight excluding hydrogens is 445 g/mol. The predicted octanol–water partition coefficient (Wildman–Crippen LogP) is 4.68. The van der Waals surface area contributed by atoms with E-state index in [9.17, 15) is 18.0 Å². The fourth-order valence-electron chi connectivity index (χ4n) is 3.83. The summed E-state index contributed by atoms with van der Waals surface area (Å²) in [5.41, 5.74) is 1.03. The second-order valence-corrected chi connectivity index (χ2v) is 8.05. The Labute approximate surface area is 196 Å². The number of rotatable bonds is 6. The molecule has 1 aliphatic heterocycles. The molecule has 4 rings (SSSR count). The van der Waals surface area contributed by atoms with Crippen LogP contribution in [0.1, 0.15) is 21.5 Å². The maximum Gasteiger partial charge on any atom is 0.416 e. The molecule has 0 radical (unpaired) electrons. The lowest BCUT2D eigenvalue weighted by Crippen LogP contribution is -2.46. The molecule has 1 fully saturated rings. The molecule has 1 aliphatic rings. The summed E-state index contributed by atoms with van der Waals surface area (Å²) in [6, 6.07) is 15.7. The average molecular weight is 470 g/mol. The first-order valence-corrected chi connectivity index (χ1v) is 10.9. The number of benzene rings is 2. The number of amides is 1. The minimum atomic E-state index is -4.44. The van der Waals surface area contributed by atoms with Crippen LogP contribution in [-0.4, -0.2) is 49.1 Å². The molecule has 34 heavy (non-hydrogen) atoms. The van der Waals surface area contributed by atoms with E-state index in [4.69, 9.17) is 4.74 Å². The summed E-state index contributed by atoms with van der Waals surface area (Å²) < 4.78 is 43.4. The first-order chi connectivity index (χ1) is 16.3. The molecule has 0 atom stereocenters. The topological polar surface area (TPSA) is 57.7 Å². The number of piperazine rings is 1. The van der Waals surface area contributed by atoms with Gasteiger partial charge < -0.3 is 15.0 Å². The number of hydrogen-bond donors (Lipinski definition) is 1. The number of hydrogen-bond acceptors (Lipinski definition) is 5. The Morgan fingerprint density at radius 3 is 2.38 bits per heavy atom. The number of halogens is 3. The average Bonchev–Trinajstić information content (AvgIpc) is 2.85. The largest absolute Gasteiger partial charge is 0.497 e. The van der Waals surface area contributed by atoms with E-state index in [0.717, 1.165) is 68.6 Å². The number of alkyl halides is 3. The van der Waals surface area contributed by atoms with E-state index in [2.05, 4.69) is 26.2 Å².